The quantitative estimate of drug-likeness (QED) is 0.776. The van der Waals surface area contributed by atoms with Gasteiger partial charge in [-0.3, -0.25) is 14.2 Å². The number of nitrogens with zero attached hydrogens (tertiary/aromatic N) is 2. The highest BCUT2D eigenvalue weighted by Gasteiger charge is 2.24. The monoisotopic (exact) mass is 373 g/mol. The molecule has 1 aliphatic heterocycles. The number of aromatic amines is 1. The van der Waals surface area contributed by atoms with Crippen molar-refractivity contribution in [1.82, 2.24) is 14.5 Å². The van der Waals surface area contributed by atoms with Crippen LogP contribution < -0.4 is 10.5 Å². The lowest BCUT2D eigenvalue weighted by Gasteiger charge is -2.30. The second-order valence-electron chi connectivity index (χ2n) is 7.55. The predicted molar refractivity (Wildman–Crippen MR) is 103 cm³/mol. The fourth-order valence-corrected chi connectivity index (χ4v) is 4.47. The molecule has 2 aromatic rings. The fraction of sp³-hybridized carbons (Fsp3) is 0.526. The van der Waals surface area contributed by atoms with Crippen LogP contribution in [0.1, 0.15) is 42.1 Å². The van der Waals surface area contributed by atoms with Gasteiger partial charge in [-0.05, 0) is 43.3 Å². The average Bonchev–Trinajstić information content (AvgIpc) is 3.15. The SMILES string of the molecule is C[NH+]1CCN(C(=O)c2ccc3c(=O)n(C4CCCC4)c(=S)[nH]c3c2)CC1. The molecule has 0 spiro atoms. The molecule has 1 aromatic carbocycles. The fourth-order valence-electron chi connectivity index (χ4n) is 4.13. The molecule has 0 bridgehead atoms. The third-order valence-corrected chi connectivity index (χ3v) is 6.07. The third-order valence-electron chi connectivity index (χ3n) is 5.77. The molecule has 2 fully saturated rings. The van der Waals surface area contributed by atoms with Crippen molar-refractivity contribution >= 4 is 29.0 Å². The number of H-pyrrole nitrogens is 1. The number of quaternary nitrogens is 1. The standard InChI is InChI=1S/C19H24N4O2S/c1-21-8-10-22(11-9-21)17(24)13-6-7-15-16(12-13)20-19(26)23(18(15)25)14-4-2-3-5-14/h6-7,12,14H,2-5,8-11H2,1H3,(H,20,26)/p+1. The molecule has 2 heterocycles. The van der Waals surface area contributed by atoms with Crippen molar-refractivity contribution in [2.45, 2.75) is 31.7 Å². The summed E-state index contributed by atoms with van der Waals surface area (Å²) in [4.78, 5) is 32.2. The molecular formula is C19H25N4O2S+. The second-order valence-corrected chi connectivity index (χ2v) is 7.94. The van der Waals surface area contributed by atoms with E-state index in [1.807, 2.05) is 4.90 Å². The van der Waals surface area contributed by atoms with Crippen LogP contribution in [0.4, 0.5) is 0 Å². The number of aromatic nitrogens is 2. The molecule has 1 aliphatic carbocycles. The van der Waals surface area contributed by atoms with Crippen molar-refractivity contribution in [2.75, 3.05) is 33.2 Å². The van der Waals surface area contributed by atoms with E-state index in [1.165, 1.54) is 4.90 Å². The Morgan fingerprint density at radius 1 is 1.23 bits per heavy atom. The highest BCUT2D eigenvalue weighted by atomic mass is 32.1. The van der Waals surface area contributed by atoms with Gasteiger partial charge in [-0.1, -0.05) is 12.8 Å². The minimum Gasteiger partial charge on any atom is -0.334 e. The summed E-state index contributed by atoms with van der Waals surface area (Å²) in [7, 11) is 2.15. The van der Waals surface area contributed by atoms with E-state index in [0.717, 1.165) is 51.9 Å². The molecule has 2 aliphatic rings. The lowest BCUT2D eigenvalue weighted by atomic mass is 10.1. The van der Waals surface area contributed by atoms with E-state index in [4.69, 9.17) is 12.2 Å². The number of likely N-dealkylation sites (N-methyl/N-ethyl adjacent to an activating group) is 1. The maximum Gasteiger partial charge on any atom is 0.262 e. The number of benzene rings is 1. The first-order chi connectivity index (χ1) is 12.5. The number of carbonyl (C=O) groups is 1. The van der Waals surface area contributed by atoms with Crippen LogP contribution in [-0.4, -0.2) is 53.6 Å². The molecule has 1 aromatic heterocycles. The van der Waals surface area contributed by atoms with Gasteiger partial charge in [0.15, 0.2) is 4.77 Å². The normalized spacial score (nSPS) is 19.3. The van der Waals surface area contributed by atoms with Gasteiger partial charge in [0.1, 0.15) is 0 Å². The topological polar surface area (TPSA) is 62.5 Å². The average molecular weight is 374 g/mol. The van der Waals surface area contributed by atoms with Gasteiger partial charge in [0.05, 0.1) is 44.1 Å². The van der Waals surface area contributed by atoms with E-state index in [0.29, 0.717) is 21.2 Å². The van der Waals surface area contributed by atoms with Crippen LogP contribution in [0.15, 0.2) is 23.0 Å². The van der Waals surface area contributed by atoms with Crippen LogP contribution in [0.5, 0.6) is 0 Å². The molecule has 2 N–H and O–H groups in total. The van der Waals surface area contributed by atoms with E-state index in [1.54, 1.807) is 22.8 Å². The largest absolute Gasteiger partial charge is 0.334 e. The highest BCUT2D eigenvalue weighted by molar-refractivity contribution is 7.71. The molecule has 0 radical (unpaired) electrons. The molecule has 6 nitrogen and oxygen atoms in total. The van der Waals surface area contributed by atoms with Crippen molar-refractivity contribution in [2.24, 2.45) is 0 Å². The summed E-state index contributed by atoms with van der Waals surface area (Å²) in [5.41, 5.74) is 1.22. The van der Waals surface area contributed by atoms with E-state index in [-0.39, 0.29) is 17.5 Å². The summed E-state index contributed by atoms with van der Waals surface area (Å²) in [6, 6.07) is 5.51. The third kappa shape index (κ3) is 3.10. The van der Waals surface area contributed by atoms with Gasteiger partial charge in [-0.2, -0.15) is 0 Å². The molecule has 7 heteroatoms. The summed E-state index contributed by atoms with van der Waals surface area (Å²) in [5.74, 6) is 0.0266. The molecule has 0 atom stereocenters. The Labute approximate surface area is 157 Å². The summed E-state index contributed by atoms with van der Waals surface area (Å²) in [6.07, 6.45) is 4.30. The van der Waals surface area contributed by atoms with Gasteiger partial charge in [0.25, 0.3) is 11.5 Å². The number of hydrogen-bond donors (Lipinski definition) is 2. The number of carbonyl (C=O) groups excluding carboxylic acids is 1. The van der Waals surface area contributed by atoms with Crippen molar-refractivity contribution in [1.29, 1.82) is 0 Å². The van der Waals surface area contributed by atoms with Gasteiger partial charge >= 0.3 is 0 Å². The molecule has 138 valence electrons. The molecular weight excluding hydrogens is 348 g/mol. The first-order valence-electron chi connectivity index (χ1n) is 9.44. The number of fused-ring (bicyclic) bond motifs is 1. The minimum absolute atomic E-state index is 0.0266. The van der Waals surface area contributed by atoms with Crippen molar-refractivity contribution in [3.8, 4) is 0 Å². The summed E-state index contributed by atoms with van der Waals surface area (Å²) in [5, 5.41) is 0.602. The van der Waals surface area contributed by atoms with Crippen LogP contribution >= 0.6 is 12.2 Å². The van der Waals surface area contributed by atoms with Crippen LogP contribution in [0.25, 0.3) is 10.9 Å². The Kier molecular flexibility index (Phi) is 4.67. The summed E-state index contributed by atoms with van der Waals surface area (Å²) < 4.78 is 2.19. The van der Waals surface area contributed by atoms with E-state index < -0.39 is 0 Å². The summed E-state index contributed by atoms with van der Waals surface area (Å²) >= 11 is 5.46. The molecule has 0 unspecified atom stereocenters. The van der Waals surface area contributed by atoms with E-state index in [9.17, 15) is 9.59 Å². The maximum absolute atomic E-state index is 12.9. The Hall–Kier alpha value is -1.99. The highest BCUT2D eigenvalue weighted by Crippen LogP contribution is 2.28. The zero-order valence-electron chi connectivity index (χ0n) is 15.1. The van der Waals surface area contributed by atoms with Gasteiger partial charge in [-0.25, -0.2) is 0 Å². The lowest BCUT2D eigenvalue weighted by Crippen LogP contribution is -3.12. The predicted octanol–water partition coefficient (Wildman–Crippen LogP) is 1.14. The van der Waals surface area contributed by atoms with Gasteiger partial charge in [-0.15, -0.1) is 0 Å². The Morgan fingerprint density at radius 2 is 1.92 bits per heavy atom. The zero-order valence-corrected chi connectivity index (χ0v) is 15.9. The van der Waals surface area contributed by atoms with Crippen LogP contribution in [0.3, 0.4) is 0 Å². The minimum atomic E-state index is -0.0437. The van der Waals surface area contributed by atoms with Crippen LogP contribution in [-0.2, 0) is 0 Å². The Morgan fingerprint density at radius 3 is 2.62 bits per heavy atom. The van der Waals surface area contributed by atoms with Crippen molar-refractivity contribution in [3.05, 3.63) is 38.9 Å². The second kappa shape index (κ2) is 6.96. The van der Waals surface area contributed by atoms with Crippen molar-refractivity contribution in [3.63, 3.8) is 0 Å². The number of rotatable bonds is 2. The number of amides is 1. The van der Waals surface area contributed by atoms with Gasteiger partial charge in [0, 0.05) is 11.6 Å². The van der Waals surface area contributed by atoms with E-state index >= 15 is 0 Å². The smallest absolute Gasteiger partial charge is 0.262 e. The maximum atomic E-state index is 12.9. The van der Waals surface area contributed by atoms with Crippen LogP contribution in [0, 0.1) is 4.77 Å². The summed E-state index contributed by atoms with van der Waals surface area (Å²) in [6.45, 7) is 3.46. The van der Waals surface area contributed by atoms with Crippen molar-refractivity contribution < 1.29 is 9.69 Å². The van der Waals surface area contributed by atoms with Crippen LogP contribution in [0.2, 0.25) is 0 Å². The zero-order chi connectivity index (χ0) is 18.3. The van der Waals surface area contributed by atoms with Gasteiger partial charge < -0.3 is 14.8 Å². The Balaban J connectivity index is 1.70. The lowest BCUT2D eigenvalue weighted by molar-refractivity contribution is -0.883. The first-order valence-corrected chi connectivity index (χ1v) is 9.84. The molecule has 1 amide bonds. The molecule has 1 saturated heterocycles. The number of piperazine rings is 1. The number of nitrogens with one attached hydrogen (secondary N) is 2. The Bertz CT molecular complexity index is 950. The van der Waals surface area contributed by atoms with E-state index in [2.05, 4.69) is 12.0 Å². The molecule has 4 rings (SSSR count). The molecule has 1 saturated carbocycles. The van der Waals surface area contributed by atoms with Gasteiger partial charge in [0.2, 0.25) is 0 Å². The molecule has 26 heavy (non-hydrogen) atoms. The first kappa shape index (κ1) is 17.4. The number of hydrogen-bond acceptors (Lipinski definition) is 3.